The Labute approximate surface area is 163 Å². The van der Waals surface area contributed by atoms with Gasteiger partial charge in [-0.1, -0.05) is 38.5 Å². The second kappa shape index (κ2) is 8.12. The molecule has 0 aromatic carbocycles. The molecule has 3 rings (SSSR count). The standard InChI is InChI=1S/C19H26N6OS/c1-6-7-8-16-23-24-19(27-16)22-18(26)13-9-15(11(2)3)21-17-14(13)10-20-25(17)12(4)5/h9-12H,6-8H2,1-5H3,(H,22,24,26). The molecule has 0 aliphatic carbocycles. The van der Waals surface area contributed by atoms with Gasteiger partial charge in [0.2, 0.25) is 5.13 Å². The Bertz CT molecular complexity index is 943. The fraction of sp³-hybridized carbons (Fsp3) is 0.526. The summed E-state index contributed by atoms with van der Waals surface area (Å²) in [6.07, 6.45) is 4.78. The minimum absolute atomic E-state index is 0.164. The van der Waals surface area contributed by atoms with E-state index >= 15 is 0 Å². The van der Waals surface area contributed by atoms with Gasteiger partial charge in [0.25, 0.3) is 5.91 Å². The number of pyridine rings is 1. The topological polar surface area (TPSA) is 85.6 Å². The van der Waals surface area contributed by atoms with Gasteiger partial charge in [-0.05, 0) is 32.3 Å². The van der Waals surface area contributed by atoms with Crippen LogP contribution in [-0.2, 0) is 6.42 Å². The Kier molecular flexibility index (Phi) is 5.84. The van der Waals surface area contributed by atoms with Crippen molar-refractivity contribution in [1.82, 2.24) is 25.0 Å². The highest BCUT2D eigenvalue weighted by molar-refractivity contribution is 7.15. The lowest BCUT2D eigenvalue weighted by Crippen LogP contribution is -2.14. The van der Waals surface area contributed by atoms with Crippen molar-refractivity contribution < 1.29 is 4.79 Å². The number of carbonyl (C=O) groups excluding carboxylic acids is 1. The molecular weight excluding hydrogens is 360 g/mol. The SMILES string of the molecule is CCCCc1nnc(NC(=O)c2cc(C(C)C)nc3c2cnn3C(C)C)s1. The van der Waals surface area contributed by atoms with E-state index in [0.717, 1.165) is 41.0 Å². The van der Waals surface area contributed by atoms with Crippen LogP contribution in [0.4, 0.5) is 5.13 Å². The molecule has 0 saturated heterocycles. The zero-order valence-electron chi connectivity index (χ0n) is 16.5. The summed E-state index contributed by atoms with van der Waals surface area (Å²) in [4.78, 5) is 17.7. The van der Waals surface area contributed by atoms with Crippen LogP contribution < -0.4 is 5.32 Å². The van der Waals surface area contributed by atoms with Crippen molar-refractivity contribution >= 4 is 33.4 Å². The number of aryl methyl sites for hydroxylation is 1. The van der Waals surface area contributed by atoms with Crippen molar-refractivity contribution in [2.24, 2.45) is 0 Å². The number of hydrogen-bond donors (Lipinski definition) is 1. The molecule has 27 heavy (non-hydrogen) atoms. The maximum atomic E-state index is 13.0. The summed E-state index contributed by atoms with van der Waals surface area (Å²) in [6, 6.07) is 2.02. The van der Waals surface area contributed by atoms with Gasteiger partial charge in [-0.2, -0.15) is 5.10 Å². The first-order chi connectivity index (χ1) is 12.9. The van der Waals surface area contributed by atoms with Gasteiger partial charge in [0.15, 0.2) is 5.65 Å². The fourth-order valence-electron chi connectivity index (χ4n) is 2.80. The van der Waals surface area contributed by atoms with Crippen LogP contribution in [0, 0.1) is 0 Å². The summed E-state index contributed by atoms with van der Waals surface area (Å²) in [5.41, 5.74) is 2.18. The number of nitrogens with zero attached hydrogens (tertiary/aromatic N) is 5. The molecule has 0 aliphatic heterocycles. The van der Waals surface area contributed by atoms with Gasteiger partial charge in [-0.25, -0.2) is 9.67 Å². The normalized spacial score (nSPS) is 11.7. The Morgan fingerprint density at radius 1 is 1.26 bits per heavy atom. The summed E-state index contributed by atoms with van der Waals surface area (Å²) in [6.45, 7) is 10.4. The third kappa shape index (κ3) is 4.16. The van der Waals surface area contributed by atoms with E-state index in [1.165, 1.54) is 11.3 Å². The molecule has 1 N–H and O–H groups in total. The molecule has 0 fully saturated rings. The van der Waals surface area contributed by atoms with Crippen LogP contribution in [0.15, 0.2) is 12.3 Å². The fourth-order valence-corrected chi connectivity index (χ4v) is 3.57. The van der Waals surface area contributed by atoms with E-state index in [1.54, 1.807) is 6.20 Å². The Hall–Kier alpha value is -2.35. The van der Waals surface area contributed by atoms with Crippen LogP contribution in [0.3, 0.4) is 0 Å². The molecule has 3 aromatic rings. The van der Waals surface area contributed by atoms with Crippen molar-refractivity contribution in [3.63, 3.8) is 0 Å². The van der Waals surface area contributed by atoms with E-state index in [-0.39, 0.29) is 17.9 Å². The first kappa shape index (κ1) is 19.4. The number of amides is 1. The molecule has 7 nitrogen and oxygen atoms in total. The molecule has 0 radical (unpaired) electrons. The van der Waals surface area contributed by atoms with Crippen molar-refractivity contribution in [3.8, 4) is 0 Å². The highest BCUT2D eigenvalue weighted by Gasteiger charge is 2.20. The van der Waals surface area contributed by atoms with Gasteiger partial charge < -0.3 is 0 Å². The second-order valence-corrected chi connectivity index (χ2v) is 8.29. The minimum atomic E-state index is -0.203. The molecule has 144 valence electrons. The van der Waals surface area contributed by atoms with E-state index < -0.39 is 0 Å². The van der Waals surface area contributed by atoms with Crippen molar-refractivity contribution in [3.05, 3.63) is 28.5 Å². The number of nitrogens with one attached hydrogen (secondary N) is 1. The number of rotatable bonds is 7. The Balaban J connectivity index is 1.94. The number of fused-ring (bicyclic) bond motifs is 1. The smallest absolute Gasteiger partial charge is 0.258 e. The van der Waals surface area contributed by atoms with E-state index in [2.05, 4.69) is 55.2 Å². The molecule has 0 spiro atoms. The van der Waals surface area contributed by atoms with Crippen molar-refractivity contribution in [1.29, 1.82) is 0 Å². The lowest BCUT2D eigenvalue weighted by atomic mass is 10.0. The van der Waals surface area contributed by atoms with Crippen molar-refractivity contribution in [2.75, 3.05) is 5.32 Å². The highest BCUT2D eigenvalue weighted by atomic mass is 32.1. The number of aromatic nitrogens is 5. The molecular formula is C19H26N6OS. The van der Waals surface area contributed by atoms with Crippen LogP contribution in [0.2, 0.25) is 0 Å². The predicted octanol–water partition coefficient (Wildman–Crippen LogP) is 4.58. The quantitative estimate of drug-likeness (QED) is 0.642. The number of anilines is 1. The lowest BCUT2D eigenvalue weighted by molar-refractivity contribution is 0.102. The summed E-state index contributed by atoms with van der Waals surface area (Å²) in [5, 5.41) is 17.8. The maximum Gasteiger partial charge on any atom is 0.258 e. The van der Waals surface area contributed by atoms with Gasteiger partial charge >= 0.3 is 0 Å². The van der Waals surface area contributed by atoms with Gasteiger partial charge in [0, 0.05) is 18.2 Å². The molecule has 0 bridgehead atoms. The van der Waals surface area contributed by atoms with Crippen LogP contribution in [-0.4, -0.2) is 30.9 Å². The summed E-state index contributed by atoms with van der Waals surface area (Å²) < 4.78 is 1.85. The van der Waals surface area contributed by atoms with Gasteiger partial charge in [0.1, 0.15) is 5.01 Å². The molecule has 0 saturated carbocycles. The average molecular weight is 387 g/mol. The Morgan fingerprint density at radius 2 is 2.04 bits per heavy atom. The second-order valence-electron chi connectivity index (χ2n) is 7.23. The van der Waals surface area contributed by atoms with E-state index in [1.807, 2.05) is 10.7 Å². The van der Waals surface area contributed by atoms with E-state index in [9.17, 15) is 4.79 Å². The largest absolute Gasteiger partial charge is 0.296 e. The lowest BCUT2D eigenvalue weighted by Gasteiger charge is -2.11. The summed E-state index contributed by atoms with van der Waals surface area (Å²) in [7, 11) is 0. The average Bonchev–Trinajstić information content (AvgIpc) is 3.25. The molecule has 3 heterocycles. The van der Waals surface area contributed by atoms with Crippen LogP contribution >= 0.6 is 11.3 Å². The zero-order valence-corrected chi connectivity index (χ0v) is 17.3. The van der Waals surface area contributed by atoms with Crippen LogP contribution in [0.5, 0.6) is 0 Å². The van der Waals surface area contributed by atoms with Gasteiger partial charge in [0.05, 0.1) is 17.1 Å². The molecule has 1 amide bonds. The molecule has 0 unspecified atom stereocenters. The number of carbonyl (C=O) groups is 1. The number of hydrogen-bond acceptors (Lipinski definition) is 6. The third-order valence-electron chi connectivity index (χ3n) is 4.34. The molecule has 0 atom stereocenters. The predicted molar refractivity (Wildman–Crippen MR) is 108 cm³/mol. The van der Waals surface area contributed by atoms with Gasteiger partial charge in [-0.15, -0.1) is 10.2 Å². The van der Waals surface area contributed by atoms with Crippen LogP contribution in [0.1, 0.15) is 80.5 Å². The van der Waals surface area contributed by atoms with Crippen molar-refractivity contribution in [2.45, 2.75) is 65.8 Å². The first-order valence-electron chi connectivity index (χ1n) is 9.42. The van der Waals surface area contributed by atoms with E-state index in [0.29, 0.717) is 10.7 Å². The highest BCUT2D eigenvalue weighted by Crippen LogP contribution is 2.26. The van der Waals surface area contributed by atoms with Gasteiger partial charge in [-0.3, -0.25) is 10.1 Å². The minimum Gasteiger partial charge on any atom is -0.296 e. The zero-order chi connectivity index (χ0) is 19.6. The Morgan fingerprint density at radius 3 is 2.70 bits per heavy atom. The summed E-state index contributed by atoms with van der Waals surface area (Å²) in [5.74, 6) is 0.00411. The third-order valence-corrected chi connectivity index (χ3v) is 5.24. The molecule has 3 aromatic heterocycles. The first-order valence-corrected chi connectivity index (χ1v) is 10.2. The van der Waals surface area contributed by atoms with Crippen LogP contribution in [0.25, 0.3) is 11.0 Å². The number of unbranched alkanes of at least 4 members (excludes halogenated alkanes) is 1. The molecule has 0 aliphatic rings. The maximum absolute atomic E-state index is 13.0. The monoisotopic (exact) mass is 386 g/mol. The summed E-state index contributed by atoms with van der Waals surface area (Å²) >= 11 is 1.43. The molecule has 8 heteroatoms. The van der Waals surface area contributed by atoms with E-state index in [4.69, 9.17) is 4.98 Å².